The van der Waals surface area contributed by atoms with Crippen LogP contribution in [0.3, 0.4) is 0 Å². The Kier molecular flexibility index (Phi) is 7.02. The van der Waals surface area contributed by atoms with Crippen LogP contribution in [0.15, 0.2) is 107 Å². The fourth-order valence-corrected chi connectivity index (χ4v) is 6.06. The summed E-state index contributed by atoms with van der Waals surface area (Å²) in [5, 5.41) is 20.3. The van der Waals surface area contributed by atoms with Crippen LogP contribution in [0.1, 0.15) is 0 Å². The molecule has 0 radical (unpaired) electrons. The predicted octanol–water partition coefficient (Wildman–Crippen LogP) is 9.42. The lowest BCUT2D eigenvalue weighted by atomic mass is 10.0. The van der Waals surface area contributed by atoms with Crippen molar-refractivity contribution in [1.29, 1.82) is 5.26 Å². The van der Waals surface area contributed by atoms with E-state index >= 15 is 0 Å². The molecular weight excluding hydrogens is 634 g/mol. The van der Waals surface area contributed by atoms with Crippen molar-refractivity contribution in [2.75, 3.05) is 0 Å². The molecule has 0 aliphatic heterocycles. The van der Waals surface area contributed by atoms with E-state index in [1.54, 1.807) is 0 Å². The Hall–Kier alpha value is -6.40. The monoisotopic (exact) mass is 650 g/mol. The van der Waals surface area contributed by atoms with Crippen LogP contribution >= 0.6 is 0 Å². The van der Waals surface area contributed by atoms with Crippen LogP contribution in [0.2, 0.25) is 0 Å². The molecule has 0 saturated heterocycles. The molecule has 0 bridgehead atoms. The zero-order valence-electron chi connectivity index (χ0n) is 24.1. The maximum atomic E-state index is 12.6. The Morgan fingerprint density at radius 1 is 0.521 bits per heavy atom. The highest BCUT2D eigenvalue weighted by Crippen LogP contribution is 2.36. The number of hydrogen-bond donors (Lipinski definition) is 0. The van der Waals surface area contributed by atoms with Gasteiger partial charge in [0.2, 0.25) is 6.19 Å². The van der Waals surface area contributed by atoms with Crippen LogP contribution in [0, 0.1) is 18.0 Å². The number of alkyl halides is 6. The smallest absolute Gasteiger partial charge is 0.406 e. The summed E-state index contributed by atoms with van der Waals surface area (Å²) in [6, 6.07) is 25.6. The Labute approximate surface area is 266 Å². The minimum atomic E-state index is -4.81. The lowest BCUT2D eigenvalue weighted by Gasteiger charge is -2.09. The zero-order valence-corrected chi connectivity index (χ0v) is 24.1. The molecule has 234 valence electrons. The quantitative estimate of drug-likeness (QED) is 0.0825. The molecule has 0 fully saturated rings. The molecule has 0 aliphatic carbocycles. The highest BCUT2D eigenvalue weighted by molar-refractivity contribution is 6.21. The normalized spacial score (nSPS) is 13.0. The van der Waals surface area contributed by atoms with Crippen LogP contribution in [0.25, 0.3) is 70.3 Å². The maximum Gasteiger partial charge on any atom is 0.573 e. The third-order valence-electron chi connectivity index (χ3n) is 7.95. The average Bonchev–Trinajstić information content (AvgIpc) is 3.50. The molecule has 0 heterocycles. The molecule has 0 atom stereocenters. The van der Waals surface area contributed by atoms with E-state index in [0.29, 0.717) is 54.5 Å². The highest BCUT2D eigenvalue weighted by Gasteiger charge is 2.31. The SMILES string of the molecule is [C-]#[N+]/N=c1\c2cc(-c3ccc(OC(F)(F)F)cc3)ccc2c2cc3/c(=N/C#N)c4cc(-c5ccc(OC(F)(F)F)cc5)ccc4c3cc12. The molecule has 0 aromatic heterocycles. The van der Waals surface area contributed by atoms with E-state index in [0.717, 1.165) is 21.5 Å². The summed E-state index contributed by atoms with van der Waals surface area (Å²) in [5.74, 6) is -0.695. The third-order valence-corrected chi connectivity index (χ3v) is 7.95. The summed E-state index contributed by atoms with van der Waals surface area (Å²) >= 11 is 0. The van der Waals surface area contributed by atoms with Gasteiger partial charge in [-0.3, -0.25) is 0 Å². The third kappa shape index (κ3) is 5.50. The second-order valence-corrected chi connectivity index (χ2v) is 10.7. The van der Waals surface area contributed by atoms with Crippen LogP contribution in [-0.2, 0) is 0 Å². The first-order valence-corrected chi connectivity index (χ1v) is 14.0. The first-order chi connectivity index (χ1) is 22.9. The van der Waals surface area contributed by atoms with Crippen molar-refractivity contribution in [3.8, 4) is 39.9 Å². The van der Waals surface area contributed by atoms with Gasteiger partial charge in [-0.2, -0.15) is 16.8 Å². The number of nitriles is 1. The summed E-state index contributed by atoms with van der Waals surface area (Å²) in [4.78, 5) is 7.43. The highest BCUT2D eigenvalue weighted by atomic mass is 19.4. The molecule has 7 rings (SSSR count). The molecular formula is C36H16F6N4O2. The van der Waals surface area contributed by atoms with E-state index in [9.17, 15) is 31.6 Å². The van der Waals surface area contributed by atoms with Crippen molar-refractivity contribution < 1.29 is 35.8 Å². The van der Waals surface area contributed by atoms with Gasteiger partial charge in [0.25, 0.3) is 0 Å². The first-order valence-electron chi connectivity index (χ1n) is 14.0. The van der Waals surface area contributed by atoms with Crippen molar-refractivity contribution in [2.24, 2.45) is 10.1 Å². The molecule has 7 aromatic rings. The van der Waals surface area contributed by atoms with Crippen LogP contribution in [0.4, 0.5) is 26.3 Å². The van der Waals surface area contributed by atoms with Gasteiger partial charge in [-0.15, -0.1) is 31.3 Å². The fraction of sp³-hybridized carbons (Fsp3) is 0.0556. The van der Waals surface area contributed by atoms with E-state index in [4.69, 9.17) is 6.57 Å². The molecule has 0 spiro atoms. The molecule has 6 nitrogen and oxygen atoms in total. The van der Waals surface area contributed by atoms with E-state index in [2.05, 4.69) is 24.5 Å². The molecule has 0 saturated carbocycles. The topological polar surface area (TPSA) is 71.3 Å². The average molecular weight is 651 g/mol. The van der Waals surface area contributed by atoms with Crippen LogP contribution in [-0.4, -0.2) is 12.7 Å². The summed E-state index contributed by atoms with van der Waals surface area (Å²) in [6.07, 6.45) is -7.75. The van der Waals surface area contributed by atoms with Gasteiger partial charge in [-0.05, 0) is 92.3 Å². The van der Waals surface area contributed by atoms with Gasteiger partial charge in [0, 0.05) is 21.5 Å². The van der Waals surface area contributed by atoms with E-state index in [1.807, 2.05) is 54.7 Å². The van der Waals surface area contributed by atoms with E-state index < -0.39 is 12.7 Å². The molecule has 48 heavy (non-hydrogen) atoms. The van der Waals surface area contributed by atoms with Crippen molar-refractivity contribution >= 4 is 43.1 Å². The Balaban J connectivity index is 1.38. The van der Waals surface area contributed by atoms with Gasteiger partial charge in [0.1, 0.15) is 11.5 Å². The molecule has 0 amide bonds. The van der Waals surface area contributed by atoms with Gasteiger partial charge in [0.15, 0.2) is 5.36 Å². The van der Waals surface area contributed by atoms with Crippen LogP contribution < -0.4 is 20.2 Å². The second-order valence-electron chi connectivity index (χ2n) is 10.7. The number of ether oxygens (including phenoxy) is 2. The number of fused-ring (bicyclic) bond motifs is 6. The molecule has 7 aromatic carbocycles. The number of nitrogens with zero attached hydrogens (tertiary/aromatic N) is 4. The van der Waals surface area contributed by atoms with Gasteiger partial charge in [-0.25, -0.2) is 0 Å². The van der Waals surface area contributed by atoms with Gasteiger partial charge >= 0.3 is 12.7 Å². The largest absolute Gasteiger partial charge is 0.573 e. The van der Waals surface area contributed by atoms with Gasteiger partial charge in [0.05, 0.1) is 10.5 Å². The predicted molar refractivity (Wildman–Crippen MR) is 166 cm³/mol. The lowest BCUT2D eigenvalue weighted by molar-refractivity contribution is -0.275. The maximum absolute atomic E-state index is 12.6. The summed E-state index contributed by atoms with van der Waals surface area (Å²) in [6.45, 7) is 7.49. The Morgan fingerprint density at radius 2 is 0.917 bits per heavy atom. The minimum absolute atomic E-state index is 0.347. The van der Waals surface area contributed by atoms with Crippen LogP contribution in [0.5, 0.6) is 11.5 Å². The van der Waals surface area contributed by atoms with Crippen molar-refractivity contribution in [1.82, 2.24) is 0 Å². The number of hydrogen-bond acceptors (Lipinski definition) is 5. The summed E-state index contributed by atoms with van der Waals surface area (Å²) in [5.41, 5.74) is 2.63. The van der Waals surface area contributed by atoms with E-state index in [-0.39, 0.29) is 11.5 Å². The minimum Gasteiger partial charge on any atom is -0.406 e. The Bertz CT molecular complexity index is 2420. The van der Waals surface area contributed by atoms with E-state index in [1.165, 1.54) is 48.5 Å². The standard InChI is InChI=1S/C36H16F6N4O2/c1-44-46-34-30-15-22(20-4-10-24(11-5-20)48-36(40,41)42)7-13-26(30)28-16-31-27(17-32(28)34)25-12-6-21(14-29(25)33(31)45-18-43)19-2-8-23(9-3-19)47-35(37,38)39/h2-17H/b45-33+,46-34+. The van der Waals surface area contributed by atoms with Crippen molar-refractivity contribution in [3.05, 3.63) is 119 Å². The lowest BCUT2D eigenvalue weighted by Crippen LogP contribution is -2.16. The first kappa shape index (κ1) is 30.3. The summed E-state index contributed by atoms with van der Waals surface area (Å²) in [7, 11) is 0. The van der Waals surface area contributed by atoms with Gasteiger partial charge in [-0.1, -0.05) is 48.5 Å². The Morgan fingerprint density at radius 3 is 1.33 bits per heavy atom. The number of halogens is 6. The fourth-order valence-electron chi connectivity index (χ4n) is 6.06. The van der Waals surface area contributed by atoms with Gasteiger partial charge < -0.3 is 9.47 Å². The van der Waals surface area contributed by atoms with Crippen molar-refractivity contribution in [2.45, 2.75) is 12.7 Å². The number of benzene rings is 5. The molecule has 0 unspecified atom stereocenters. The molecule has 0 N–H and O–H groups in total. The summed E-state index contributed by atoms with van der Waals surface area (Å²) < 4.78 is 83.7. The zero-order chi connectivity index (χ0) is 33.8. The molecule has 0 aliphatic rings. The molecule has 12 heteroatoms. The van der Waals surface area contributed by atoms with Crippen molar-refractivity contribution in [3.63, 3.8) is 0 Å². The number of rotatable bonds is 4. The second kappa shape index (κ2) is 11.1.